The zero-order valence-corrected chi connectivity index (χ0v) is 13.4. The molecule has 0 spiro atoms. The summed E-state index contributed by atoms with van der Waals surface area (Å²) in [6, 6.07) is 2.72. The Morgan fingerprint density at radius 1 is 1.38 bits per heavy atom. The van der Waals surface area contributed by atoms with Crippen LogP contribution in [0.2, 0.25) is 5.02 Å². The van der Waals surface area contributed by atoms with Crippen LogP contribution >= 0.6 is 11.6 Å². The van der Waals surface area contributed by atoms with Crippen LogP contribution in [0.4, 0.5) is 5.82 Å². The van der Waals surface area contributed by atoms with Crippen molar-refractivity contribution in [3.8, 4) is 0 Å². The third-order valence-electron chi connectivity index (χ3n) is 4.03. The van der Waals surface area contributed by atoms with E-state index in [4.69, 9.17) is 16.3 Å². The van der Waals surface area contributed by atoms with Gasteiger partial charge in [0.25, 0.3) is 0 Å². The molecule has 2 saturated carbocycles. The summed E-state index contributed by atoms with van der Waals surface area (Å²) in [5, 5.41) is 4.19. The van der Waals surface area contributed by atoms with E-state index >= 15 is 0 Å². The highest BCUT2D eigenvalue weighted by Crippen LogP contribution is 2.29. The average molecular weight is 310 g/mol. The van der Waals surface area contributed by atoms with E-state index in [1.807, 2.05) is 19.3 Å². The number of pyridine rings is 1. The second-order valence-electron chi connectivity index (χ2n) is 6.24. The molecule has 0 saturated heterocycles. The normalized spacial score (nSPS) is 18.0. The quantitative estimate of drug-likeness (QED) is 0.712. The molecule has 1 heterocycles. The Labute approximate surface area is 131 Å². The first kappa shape index (κ1) is 15.1. The molecule has 0 bridgehead atoms. The fourth-order valence-electron chi connectivity index (χ4n) is 2.24. The molecule has 2 aliphatic carbocycles. The molecule has 1 aromatic rings. The van der Waals surface area contributed by atoms with Crippen LogP contribution in [0.25, 0.3) is 0 Å². The minimum Gasteiger partial charge on any atom is -0.379 e. The van der Waals surface area contributed by atoms with Crippen molar-refractivity contribution >= 4 is 17.4 Å². The Kier molecular flexibility index (Phi) is 4.99. The first-order chi connectivity index (χ1) is 10.2. The topological polar surface area (TPSA) is 37.4 Å². The van der Waals surface area contributed by atoms with Crippen molar-refractivity contribution in [1.29, 1.82) is 0 Å². The molecule has 3 rings (SSSR count). The zero-order valence-electron chi connectivity index (χ0n) is 12.6. The summed E-state index contributed by atoms with van der Waals surface area (Å²) in [6.45, 7) is 3.31. The first-order valence-electron chi connectivity index (χ1n) is 7.89. The molecule has 0 unspecified atom stereocenters. The summed E-state index contributed by atoms with van der Waals surface area (Å²) < 4.78 is 5.66. The number of halogens is 1. The van der Waals surface area contributed by atoms with Gasteiger partial charge in [-0.25, -0.2) is 4.98 Å². The molecule has 0 radical (unpaired) electrons. The maximum atomic E-state index is 6.36. The van der Waals surface area contributed by atoms with E-state index in [0.29, 0.717) is 6.04 Å². The standard InChI is InChI=1S/C16H24ClN3O/c1-20(6-7-21-11-12-2-3-12)16-15(17)8-13(10-19-16)9-18-14-4-5-14/h8,10,12,14,18H,2-7,9,11H2,1H3. The van der Waals surface area contributed by atoms with Gasteiger partial charge in [-0.15, -0.1) is 0 Å². The summed E-state index contributed by atoms with van der Waals surface area (Å²) in [4.78, 5) is 6.56. The largest absolute Gasteiger partial charge is 0.379 e. The molecule has 0 atom stereocenters. The molecule has 5 heteroatoms. The maximum Gasteiger partial charge on any atom is 0.147 e. The van der Waals surface area contributed by atoms with Crippen LogP contribution in [-0.2, 0) is 11.3 Å². The van der Waals surface area contributed by atoms with Crippen molar-refractivity contribution in [3.63, 3.8) is 0 Å². The molecule has 1 N–H and O–H groups in total. The van der Waals surface area contributed by atoms with Gasteiger partial charge in [-0.3, -0.25) is 0 Å². The third-order valence-corrected chi connectivity index (χ3v) is 4.31. The summed E-state index contributed by atoms with van der Waals surface area (Å²) in [7, 11) is 2.01. The summed E-state index contributed by atoms with van der Waals surface area (Å²) in [5.74, 6) is 1.65. The van der Waals surface area contributed by atoms with Gasteiger partial charge in [-0.1, -0.05) is 11.6 Å². The Morgan fingerprint density at radius 3 is 2.86 bits per heavy atom. The van der Waals surface area contributed by atoms with Gasteiger partial charge in [-0.2, -0.15) is 0 Å². The second kappa shape index (κ2) is 6.95. The van der Waals surface area contributed by atoms with Crippen LogP contribution in [0.3, 0.4) is 0 Å². The minimum atomic E-state index is 0.703. The van der Waals surface area contributed by atoms with Crippen molar-refractivity contribution < 1.29 is 4.74 Å². The van der Waals surface area contributed by atoms with E-state index in [1.54, 1.807) is 0 Å². The second-order valence-corrected chi connectivity index (χ2v) is 6.65. The third kappa shape index (κ3) is 4.83. The van der Waals surface area contributed by atoms with Crippen LogP contribution in [-0.4, -0.2) is 37.8 Å². The smallest absolute Gasteiger partial charge is 0.147 e. The van der Waals surface area contributed by atoms with Crippen molar-refractivity contribution in [2.75, 3.05) is 31.7 Å². The molecule has 4 nitrogen and oxygen atoms in total. The van der Waals surface area contributed by atoms with E-state index in [-0.39, 0.29) is 0 Å². The lowest BCUT2D eigenvalue weighted by Crippen LogP contribution is -2.24. The lowest BCUT2D eigenvalue weighted by atomic mass is 10.2. The van der Waals surface area contributed by atoms with Gasteiger partial charge in [0.05, 0.1) is 11.6 Å². The van der Waals surface area contributed by atoms with Crippen molar-refractivity contribution in [2.24, 2.45) is 5.92 Å². The number of anilines is 1. The number of aromatic nitrogens is 1. The molecule has 0 aliphatic heterocycles. The van der Waals surface area contributed by atoms with Gasteiger partial charge in [-0.05, 0) is 43.2 Å². The summed E-state index contributed by atoms with van der Waals surface area (Å²) >= 11 is 6.36. The van der Waals surface area contributed by atoms with Crippen LogP contribution in [0.1, 0.15) is 31.2 Å². The molecule has 21 heavy (non-hydrogen) atoms. The molecule has 0 amide bonds. The van der Waals surface area contributed by atoms with Gasteiger partial charge in [0, 0.05) is 39.0 Å². The highest BCUT2D eigenvalue weighted by Gasteiger charge is 2.21. The lowest BCUT2D eigenvalue weighted by Gasteiger charge is -2.19. The average Bonchev–Trinajstić information content (AvgIpc) is 3.36. The molecular weight excluding hydrogens is 286 g/mol. The molecule has 2 fully saturated rings. The Balaban J connectivity index is 1.45. The van der Waals surface area contributed by atoms with Gasteiger partial charge in [0.1, 0.15) is 5.82 Å². The van der Waals surface area contributed by atoms with Gasteiger partial charge < -0.3 is 15.0 Å². The molecule has 1 aromatic heterocycles. The number of ether oxygens (including phenoxy) is 1. The van der Waals surface area contributed by atoms with E-state index in [0.717, 1.165) is 48.6 Å². The zero-order chi connectivity index (χ0) is 14.7. The number of hydrogen-bond acceptors (Lipinski definition) is 4. The Morgan fingerprint density at radius 2 is 2.19 bits per heavy atom. The number of likely N-dealkylation sites (N-methyl/N-ethyl adjacent to an activating group) is 1. The van der Waals surface area contributed by atoms with Crippen LogP contribution in [0.15, 0.2) is 12.3 Å². The maximum absolute atomic E-state index is 6.36. The fourth-order valence-corrected chi connectivity index (χ4v) is 2.57. The van der Waals surface area contributed by atoms with Gasteiger partial charge in [0.2, 0.25) is 0 Å². The van der Waals surface area contributed by atoms with Gasteiger partial charge >= 0.3 is 0 Å². The van der Waals surface area contributed by atoms with Gasteiger partial charge in [0.15, 0.2) is 0 Å². The highest BCUT2D eigenvalue weighted by molar-refractivity contribution is 6.33. The predicted molar refractivity (Wildman–Crippen MR) is 85.9 cm³/mol. The van der Waals surface area contributed by atoms with E-state index in [1.165, 1.54) is 25.7 Å². The van der Waals surface area contributed by atoms with E-state index in [2.05, 4.69) is 15.2 Å². The predicted octanol–water partition coefficient (Wildman–Crippen LogP) is 2.85. The SMILES string of the molecule is CN(CCOCC1CC1)c1ncc(CNC2CC2)cc1Cl. The number of nitrogens with one attached hydrogen (secondary N) is 1. The molecule has 116 valence electrons. The minimum absolute atomic E-state index is 0.703. The van der Waals surface area contributed by atoms with Crippen LogP contribution in [0.5, 0.6) is 0 Å². The number of nitrogens with zero attached hydrogens (tertiary/aromatic N) is 2. The lowest BCUT2D eigenvalue weighted by molar-refractivity contribution is 0.131. The summed E-state index contributed by atoms with van der Waals surface area (Å²) in [6.07, 6.45) is 7.17. The molecular formula is C16H24ClN3O. The Hall–Kier alpha value is -0.840. The highest BCUT2D eigenvalue weighted by atomic mass is 35.5. The van der Waals surface area contributed by atoms with E-state index in [9.17, 15) is 0 Å². The van der Waals surface area contributed by atoms with Crippen molar-refractivity contribution in [3.05, 3.63) is 22.8 Å². The monoisotopic (exact) mass is 309 g/mol. The Bertz CT molecular complexity index is 475. The van der Waals surface area contributed by atoms with Crippen LogP contribution in [0, 0.1) is 5.92 Å². The first-order valence-corrected chi connectivity index (χ1v) is 8.27. The summed E-state index contributed by atoms with van der Waals surface area (Å²) in [5.41, 5.74) is 1.15. The number of hydrogen-bond donors (Lipinski definition) is 1. The van der Waals surface area contributed by atoms with Crippen molar-refractivity contribution in [1.82, 2.24) is 10.3 Å². The van der Waals surface area contributed by atoms with Crippen molar-refractivity contribution in [2.45, 2.75) is 38.3 Å². The van der Waals surface area contributed by atoms with Crippen LogP contribution < -0.4 is 10.2 Å². The van der Waals surface area contributed by atoms with E-state index < -0.39 is 0 Å². The number of rotatable bonds is 9. The fraction of sp³-hybridized carbons (Fsp3) is 0.688. The molecule has 2 aliphatic rings. The molecule has 0 aromatic carbocycles.